The predicted molar refractivity (Wildman–Crippen MR) is 64.3 cm³/mol. The fourth-order valence-corrected chi connectivity index (χ4v) is 1.93. The van der Waals surface area contributed by atoms with Crippen molar-refractivity contribution < 1.29 is 0 Å². The third kappa shape index (κ3) is 1.79. The maximum atomic E-state index is 4.61. The van der Waals surface area contributed by atoms with Crippen LogP contribution in [0.2, 0.25) is 0 Å². The molecule has 2 aromatic rings. The number of aromatic nitrogens is 4. The summed E-state index contributed by atoms with van der Waals surface area (Å²) in [5.74, 6) is 0. The van der Waals surface area contributed by atoms with Crippen LogP contribution in [0.25, 0.3) is 11.2 Å². The van der Waals surface area contributed by atoms with Gasteiger partial charge in [0.2, 0.25) is 0 Å². The summed E-state index contributed by atoms with van der Waals surface area (Å²) in [5, 5.41) is 4.40. The second-order valence-corrected chi connectivity index (χ2v) is 3.98. The lowest BCUT2D eigenvalue weighted by Crippen LogP contribution is -2.09. The highest BCUT2D eigenvalue weighted by atomic mass is 15.3. The van der Waals surface area contributed by atoms with Crippen molar-refractivity contribution in [2.45, 2.75) is 46.1 Å². The van der Waals surface area contributed by atoms with Crippen LogP contribution in [0.4, 0.5) is 0 Å². The Morgan fingerprint density at radius 2 is 1.94 bits per heavy atom. The number of hydrogen-bond acceptors (Lipinski definition) is 3. The normalized spacial score (nSPS) is 11.5. The van der Waals surface area contributed by atoms with E-state index in [1.807, 2.05) is 10.9 Å². The average Bonchev–Trinajstić information content (AvgIpc) is 2.74. The minimum absolute atomic E-state index is 0.430. The summed E-state index contributed by atoms with van der Waals surface area (Å²) in [7, 11) is 0. The second-order valence-electron chi connectivity index (χ2n) is 3.98. The molecule has 0 aliphatic heterocycles. The smallest absolute Gasteiger partial charge is 0.177 e. The molecule has 86 valence electrons. The molecule has 0 saturated heterocycles. The maximum Gasteiger partial charge on any atom is 0.177 e. The average molecular weight is 218 g/mol. The highest BCUT2D eigenvalue weighted by Crippen LogP contribution is 2.19. The summed E-state index contributed by atoms with van der Waals surface area (Å²) in [6.45, 7) is 6.45. The molecule has 0 N–H and O–H groups in total. The maximum absolute atomic E-state index is 4.61. The Hall–Kier alpha value is -1.45. The van der Waals surface area contributed by atoms with Gasteiger partial charge in [-0.05, 0) is 19.3 Å². The van der Waals surface area contributed by atoms with Crippen LogP contribution < -0.4 is 0 Å². The Bertz CT molecular complexity index is 471. The minimum atomic E-state index is 0.430. The third-order valence-corrected chi connectivity index (χ3v) is 3.00. The molecule has 0 saturated carbocycles. The van der Waals surface area contributed by atoms with E-state index < -0.39 is 0 Å². The molecule has 0 aliphatic carbocycles. The summed E-state index contributed by atoms with van der Waals surface area (Å²) in [6.07, 6.45) is 6.70. The standard InChI is InChI=1S/C12H18N4/c1-4-9-7-13-11-8-14-16(12(11)15-9)10(5-2)6-3/h7-8,10H,4-6H2,1-3H3. The van der Waals surface area contributed by atoms with Crippen molar-refractivity contribution in [3.05, 3.63) is 18.1 Å². The molecule has 0 atom stereocenters. The summed E-state index contributed by atoms with van der Waals surface area (Å²) in [4.78, 5) is 8.99. The molecule has 16 heavy (non-hydrogen) atoms. The first kappa shape index (κ1) is 11.0. The number of hydrogen-bond donors (Lipinski definition) is 0. The second kappa shape index (κ2) is 4.60. The highest BCUT2D eigenvalue weighted by molar-refractivity contribution is 5.69. The van der Waals surface area contributed by atoms with Gasteiger partial charge in [0.15, 0.2) is 5.65 Å². The Labute approximate surface area is 95.7 Å². The first-order valence-corrected chi connectivity index (χ1v) is 5.99. The summed E-state index contributed by atoms with van der Waals surface area (Å²) in [5.41, 5.74) is 2.84. The van der Waals surface area contributed by atoms with Crippen LogP contribution in [0.5, 0.6) is 0 Å². The molecule has 0 fully saturated rings. The van der Waals surface area contributed by atoms with Gasteiger partial charge < -0.3 is 0 Å². The number of aryl methyl sites for hydroxylation is 1. The molecule has 0 amide bonds. The van der Waals surface area contributed by atoms with Gasteiger partial charge in [-0.25, -0.2) is 14.6 Å². The first-order valence-electron chi connectivity index (χ1n) is 5.99. The lowest BCUT2D eigenvalue weighted by atomic mass is 10.2. The fraction of sp³-hybridized carbons (Fsp3) is 0.583. The van der Waals surface area contributed by atoms with Gasteiger partial charge >= 0.3 is 0 Å². The van der Waals surface area contributed by atoms with Crippen LogP contribution in [0, 0.1) is 0 Å². The molecule has 2 heterocycles. The monoisotopic (exact) mass is 218 g/mol. The van der Waals surface area contributed by atoms with Gasteiger partial charge in [0.1, 0.15) is 5.52 Å². The van der Waals surface area contributed by atoms with Gasteiger partial charge in [0.25, 0.3) is 0 Å². The van der Waals surface area contributed by atoms with E-state index in [1.54, 1.807) is 6.20 Å². The van der Waals surface area contributed by atoms with Gasteiger partial charge in [-0.1, -0.05) is 20.8 Å². The lowest BCUT2D eigenvalue weighted by Gasteiger charge is -2.13. The molecule has 0 radical (unpaired) electrons. The Morgan fingerprint density at radius 3 is 2.56 bits per heavy atom. The zero-order chi connectivity index (χ0) is 11.5. The van der Waals surface area contributed by atoms with Crippen molar-refractivity contribution in [3.63, 3.8) is 0 Å². The van der Waals surface area contributed by atoms with E-state index in [4.69, 9.17) is 0 Å². The topological polar surface area (TPSA) is 43.6 Å². The third-order valence-electron chi connectivity index (χ3n) is 3.00. The van der Waals surface area contributed by atoms with E-state index in [1.165, 1.54) is 0 Å². The number of fused-ring (bicyclic) bond motifs is 1. The zero-order valence-corrected chi connectivity index (χ0v) is 10.1. The van der Waals surface area contributed by atoms with E-state index >= 15 is 0 Å². The van der Waals surface area contributed by atoms with Crippen molar-refractivity contribution in [1.29, 1.82) is 0 Å². The van der Waals surface area contributed by atoms with Crippen molar-refractivity contribution in [2.24, 2.45) is 0 Å². The van der Waals surface area contributed by atoms with Gasteiger partial charge in [-0.3, -0.25) is 0 Å². The molecule has 2 aromatic heterocycles. The quantitative estimate of drug-likeness (QED) is 0.792. The van der Waals surface area contributed by atoms with Crippen LogP contribution in [0.1, 0.15) is 45.3 Å². The molecule has 0 bridgehead atoms. The van der Waals surface area contributed by atoms with Crippen molar-refractivity contribution in [1.82, 2.24) is 19.7 Å². The van der Waals surface area contributed by atoms with E-state index in [0.29, 0.717) is 6.04 Å². The van der Waals surface area contributed by atoms with Crippen molar-refractivity contribution in [3.8, 4) is 0 Å². The van der Waals surface area contributed by atoms with Crippen LogP contribution in [-0.2, 0) is 6.42 Å². The number of rotatable bonds is 4. The molecule has 4 heteroatoms. The van der Waals surface area contributed by atoms with E-state index in [-0.39, 0.29) is 0 Å². The van der Waals surface area contributed by atoms with Crippen LogP contribution in [0.15, 0.2) is 12.4 Å². The first-order chi connectivity index (χ1) is 7.80. The molecular weight excluding hydrogens is 200 g/mol. The summed E-state index contributed by atoms with van der Waals surface area (Å²) in [6, 6.07) is 0.430. The van der Waals surface area contributed by atoms with Crippen molar-refractivity contribution in [2.75, 3.05) is 0 Å². The Kier molecular flexibility index (Phi) is 3.17. The zero-order valence-electron chi connectivity index (χ0n) is 10.1. The largest absolute Gasteiger partial charge is 0.249 e. The Morgan fingerprint density at radius 1 is 1.19 bits per heavy atom. The SMILES string of the molecule is CCc1cnc2cnn(C(CC)CC)c2n1. The summed E-state index contributed by atoms with van der Waals surface area (Å²) < 4.78 is 2.02. The fourth-order valence-electron chi connectivity index (χ4n) is 1.93. The molecule has 0 unspecified atom stereocenters. The molecule has 4 nitrogen and oxygen atoms in total. The lowest BCUT2D eigenvalue weighted by molar-refractivity contribution is 0.438. The van der Waals surface area contributed by atoms with Crippen LogP contribution >= 0.6 is 0 Å². The van der Waals surface area contributed by atoms with E-state index in [0.717, 1.165) is 36.1 Å². The minimum Gasteiger partial charge on any atom is -0.249 e. The molecule has 0 spiro atoms. The van der Waals surface area contributed by atoms with Crippen molar-refractivity contribution >= 4 is 11.2 Å². The Balaban J connectivity index is 2.52. The molecule has 0 aromatic carbocycles. The van der Waals surface area contributed by atoms with E-state index in [2.05, 4.69) is 35.8 Å². The molecule has 0 aliphatic rings. The van der Waals surface area contributed by atoms with E-state index in [9.17, 15) is 0 Å². The van der Waals surface area contributed by atoms with Gasteiger partial charge in [0.05, 0.1) is 17.9 Å². The highest BCUT2D eigenvalue weighted by Gasteiger charge is 2.12. The summed E-state index contributed by atoms with van der Waals surface area (Å²) >= 11 is 0. The van der Waals surface area contributed by atoms with Crippen LogP contribution in [-0.4, -0.2) is 19.7 Å². The van der Waals surface area contributed by atoms with Crippen LogP contribution in [0.3, 0.4) is 0 Å². The predicted octanol–water partition coefficient (Wildman–Crippen LogP) is 2.75. The van der Waals surface area contributed by atoms with Gasteiger partial charge in [0, 0.05) is 6.20 Å². The number of nitrogens with zero attached hydrogens (tertiary/aromatic N) is 4. The van der Waals surface area contributed by atoms with Gasteiger partial charge in [-0.15, -0.1) is 0 Å². The molecular formula is C12H18N4. The van der Waals surface area contributed by atoms with Gasteiger partial charge in [-0.2, -0.15) is 5.10 Å². The molecule has 2 rings (SSSR count).